The Labute approximate surface area is 213 Å². The molecule has 0 fully saturated rings. The van der Waals surface area contributed by atoms with Crippen LogP contribution in [0.25, 0.3) is 22.3 Å². The monoisotopic (exact) mass is 596 g/mol. The summed E-state index contributed by atoms with van der Waals surface area (Å²) in [4.78, 5) is 0. The summed E-state index contributed by atoms with van der Waals surface area (Å²) < 4.78 is 145. The minimum Gasteiger partial charge on any atom is -0.378 e. The molecule has 3 rings (SSSR count). The van der Waals surface area contributed by atoms with Crippen LogP contribution in [0.2, 0.25) is 10.0 Å². The highest BCUT2D eigenvalue weighted by Gasteiger charge is 2.86. The predicted molar refractivity (Wildman–Crippen MR) is 118 cm³/mol. The van der Waals surface area contributed by atoms with Gasteiger partial charge >= 0.3 is 33.4 Å². The van der Waals surface area contributed by atoms with E-state index in [4.69, 9.17) is 23.2 Å². The van der Waals surface area contributed by atoms with Gasteiger partial charge in [-0.05, 0) is 34.9 Å². The third-order valence-electron chi connectivity index (χ3n) is 4.97. The van der Waals surface area contributed by atoms with E-state index in [0.29, 0.717) is 34.4 Å². The van der Waals surface area contributed by atoms with E-state index in [2.05, 4.69) is 4.18 Å². The quantitative estimate of drug-likeness (QED) is 0.203. The molecule has 0 amide bonds. The van der Waals surface area contributed by atoms with E-state index < -0.39 is 39.1 Å². The molecule has 0 unspecified atom stereocenters. The minimum absolute atomic E-state index is 0.196. The van der Waals surface area contributed by atoms with E-state index >= 15 is 0 Å². The lowest BCUT2D eigenvalue weighted by Crippen LogP contribution is -2.63. The van der Waals surface area contributed by atoms with E-state index in [-0.39, 0.29) is 10.0 Å². The fourth-order valence-electron chi connectivity index (χ4n) is 3.07. The molecular formula is C22H11Cl2F9O3S. The summed E-state index contributed by atoms with van der Waals surface area (Å²) in [6.45, 7) is 0. The molecule has 0 radical (unpaired) electrons. The van der Waals surface area contributed by atoms with Gasteiger partial charge in [-0.25, -0.2) is 0 Å². The third kappa shape index (κ3) is 4.96. The number of rotatable bonds is 7. The highest BCUT2D eigenvalue weighted by Crippen LogP contribution is 2.55. The topological polar surface area (TPSA) is 43.4 Å². The second kappa shape index (κ2) is 9.59. The fourth-order valence-corrected chi connectivity index (χ4v) is 4.38. The van der Waals surface area contributed by atoms with Crippen LogP contribution in [0, 0.1) is 0 Å². The number of alkyl halides is 9. The maximum absolute atomic E-state index is 13.9. The van der Waals surface area contributed by atoms with Crippen molar-refractivity contribution in [3.63, 3.8) is 0 Å². The Balaban J connectivity index is 1.96. The molecule has 0 heterocycles. The zero-order valence-electron chi connectivity index (χ0n) is 17.6. The van der Waals surface area contributed by atoms with Crippen LogP contribution in [-0.4, -0.2) is 31.7 Å². The van der Waals surface area contributed by atoms with Crippen LogP contribution in [0.3, 0.4) is 0 Å². The molecule has 37 heavy (non-hydrogen) atoms. The van der Waals surface area contributed by atoms with Gasteiger partial charge in [-0.15, -0.1) is 0 Å². The lowest BCUT2D eigenvalue weighted by atomic mass is 9.94. The zero-order chi connectivity index (χ0) is 28.0. The lowest BCUT2D eigenvalue weighted by Gasteiger charge is -2.32. The average molecular weight is 597 g/mol. The molecule has 0 N–H and O–H groups in total. The van der Waals surface area contributed by atoms with E-state index in [1.807, 2.05) is 0 Å². The van der Waals surface area contributed by atoms with E-state index in [1.54, 1.807) is 36.4 Å². The molecule has 3 aromatic rings. The number of halogens is 11. The standard InChI is InChI=1S/C22H11Cl2F9O3S/c23-17-7-3-6-16(18(17)24)15-5-2-1-4-14(15)12-8-10-13(11-9-12)36-37(34,35)22(32,33)20(27,28)19(25,26)21(29,30)31/h1-11H. The summed E-state index contributed by atoms with van der Waals surface area (Å²) in [7, 11) is -7.05. The van der Waals surface area contributed by atoms with Crippen LogP contribution in [0.4, 0.5) is 39.5 Å². The zero-order valence-corrected chi connectivity index (χ0v) is 20.0. The lowest BCUT2D eigenvalue weighted by molar-refractivity contribution is -0.382. The second-order valence-corrected chi connectivity index (χ2v) is 9.74. The summed E-state index contributed by atoms with van der Waals surface area (Å²) in [5.74, 6) is -15.9. The summed E-state index contributed by atoms with van der Waals surface area (Å²) >= 11 is 12.3. The fraction of sp³-hybridized carbons (Fsp3) is 0.182. The first-order valence-electron chi connectivity index (χ1n) is 9.63. The molecule has 3 nitrogen and oxygen atoms in total. The summed E-state index contributed by atoms with van der Waals surface area (Å²) in [5, 5.41) is -6.54. The van der Waals surface area contributed by atoms with Crippen LogP contribution >= 0.6 is 23.2 Å². The summed E-state index contributed by atoms with van der Waals surface area (Å²) in [6.07, 6.45) is -7.18. The van der Waals surface area contributed by atoms with Gasteiger partial charge in [0.25, 0.3) is 0 Å². The molecule has 0 aromatic heterocycles. The normalized spacial score (nSPS) is 13.5. The first-order chi connectivity index (χ1) is 16.8. The average Bonchev–Trinajstić information content (AvgIpc) is 2.80. The largest absolute Gasteiger partial charge is 0.460 e. The van der Waals surface area contributed by atoms with Crippen molar-refractivity contribution in [2.75, 3.05) is 0 Å². The highest BCUT2D eigenvalue weighted by molar-refractivity contribution is 7.88. The van der Waals surface area contributed by atoms with Crippen molar-refractivity contribution in [2.45, 2.75) is 23.3 Å². The third-order valence-corrected chi connectivity index (χ3v) is 7.09. The molecule has 0 aliphatic heterocycles. The van der Waals surface area contributed by atoms with Crippen molar-refractivity contribution in [3.05, 3.63) is 76.8 Å². The van der Waals surface area contributed by atoms with Crippen molar-refractivity contribution in [3.8, 4) is 28.0 Å². The maximum Gasteiger partial charge on any atom is 0.460 e. The second-order valence-electron chi connectivity index (χ2n) is 7.37. The number of hydrogen-bond donors (Lipinski definition) is 0. The minimum atomic E-state index is -7.40. The van der Waals surface area contributed by atoms with Crippen molar-refractivity contribution in [1.82, 2.24) is 0 Å². The molecule has 3 aromatic carbocycles. The van der Waals surface area contributed by atoms with Gasteiger partial charge in [0.2, 0.25) is 0 Å². The van der Waals surface area contributed by atoms with E-state index in [0.717, 1.165) is 12.1 Å². The molecule has 0 saturated heterocycles. The van der Waals surface area contributed by atoms with Crippen LogP contribution in [-0.2, 0) is 10.1 Å². The molecule has 0 aliphatic rings. The molecule has 0 spiro atoms. The Morgan fingerprint density at radius 1 is 0.622 bits per heavy atom. The maximum atomic E-state index is 13.9. The van der Waals surface area contributed by atoms with E-state index in [1.165, 1.54) is 6.07 Å². The van der Waals surface area contributed by atoms with Gasteiger partial charge < -0.3 is 4.18 Å². The van der Waals surface area contributed by atoms with Crippen LogP contribution in [0.5, 0.6) is 5.75 Å². The van der Waals surface area contributed by atoms with Crippen LogP contribution < -0.4 is 4.18 Å². The number of hydrogen-bond acceptors (Lipinski definition) is 3. The van der Waals surface area contributed by atoms with Gasteiger partial charge in [0.05, 0.1) is 10.0 Å². The van der Waals surface area contributed by atoms with Gasteiger partial charge in [0.15, 0.2) is 0 Å². The van der Waals surface area contributed by atoms with E-state index in [9.17, 15) is 47.9 Å². The van der Waals surface area contributed by atoms with Gasteiger partial charge in [0.1, 0.15) is 5.75 Å². The molecule has 0 atom stereocenters. The van der Waals surface area contributed by atoms with Crippen molar-refractivity contribution < 1.29 is 52.1 Å². The van der Waals surface area contributed by atoms with Crippen LogP contribution in [0.1, 0.15) is 0 Å². The predicted octanol–water partition coefficient (Wildman–Crippen LogP) is 8.46. The molecule has 0 saturated carbocycles. The smallest absolute Gasteiger partial charge is 0.378 e. The molecule has 0 bridgehead atoms. The Bertz CT molecular complexity index is 1410. The first-order valence-corrected chi connectivity index (χ1v) is 11.8. The van der Waals surface area contributed by atoms with Gasteiger partial charge in [-0.1, -0.05) is 71.7 Å². The van der Waals surface area contributed by atoms with Crippen molar-refractivity contribution >= 4 is 33.3 Å². The highest BCUT2D eigenvalue weighted by atomic mass is 35.5. The SMILES string of the molecule is O=S(=O)(Oc1ccc(-c2ccccc2-c2cccc(Cl)c2Cl)cc1)C(F)(F)C(F)(F)C(F)(F)C(F)(F)F. The molecule has 0 aliphatic carbocycles. The van der Waals surface area contributed by atoms with Gasteiger partial charge in [-0.3, -0.25) is 0 Å². The van der Waals surface area contributed by atoms with Crippen molar-refractivity contribution in [1.29, 1.82) is 0 Å². The van der Waals surface area contributed by atoms with Gasteiger partial charge in [0, 0.05) is 5.56 Å². The van der Waals surface area contributed by atoms with Gasteiger partial charge in [-0.2, -0.15) is 47.9 Å². The Kier molecular flexibility index (Phi) is 7.50. The number of benzene rings is 3. The summed E-state index contributed by atoms with van der Waals surface area (Å²) in [5.41, 5.74) is 1.77. The van der Waals surface area contributed by atoms with Crippen molar-refractivity contribution in [2.24, 2.45) is 0 Å². The van der Waals surface area contributed by atoms with Crippen LogP contribution in [0.15, 0.2) is 66.7 Å². The first kappa shape index (κ1) is 28.9. The Hall–Kier alpha value is -2.64. The Morgan fingerprint density at radius 2 is 1.14 bits per heavy atom. The molecule has 15 heteroatoms. The summed E-state index contributed by atoms with van der Waals surface area (Å²) in [6, 6.07) is 14.9. The molecular weight excluding hydrogens is 586 g/mol. The Morgan fingerprint density at radius 3 is 1.68 bits per heavy atom. The molecule has 200 valence electrons.